The quantitative estimate of drug-likeness (QED) is 0.679. The van der Waals surface area contributed by atoms with Crippen LogP contribution in [0.5, 0.6) is 0 Å². The Balaban J connectivity index is 1.98. The van der Waals surface area contributed by atoms with Gasteiger partial charge in [0, 0.05) is 0 Å². The molecule has 1 fully saturated rings. The highest BCUT2D eigenvalue weighted by Gasteiger charge is 2.27. The second-order valence-corrected chi connectivity index (χ2v) is 6.50. The fourth-order valence-corrected chi connectivity index (χ4v) is 2.91. The van der Waals surface area contributed by atoms with Gasteiger partial charge < -0.3 is 15.4 Å². The second-order valence-electron chi connectivity index (χ2n) is 6.50. The van der Waals surface area contributed by atoms with E-state index in [-0.39, 0.29) is 11.6 Å². The van der Waals surface area contributed by atoms with Crippen molar-refractivity contribution in [2.24, 2.45) is 5.92 Å². The summed E-state index contributed by atoms with van der Waals surface area (Å²) in [4.78, 5) is 12.2. The molecule has 0 aromatic carbocycles. The van der Waals surface area contributed by atoms with Crippen molar-refractivity contribution in [3.8, 4) is 0 Å². The molecule has 1 saturated carbocycles. The van der Waals surface area contributed by atoms with Gasteiger partial charge in [0.1, 0.15) is 0 Å². The molecule has 8 heteroatoms. The van der Waals surface area contributed by atoms with E-state index in [1.54, 1.807) is 10.9 Å². The standard InChI is InChI=1S/C14H25BN4O3/c1-10(2)8-13(15(21)22)16-14(20)12-9-19(18-17-12)11-6-4-3-5-7-11/h9-11,13,21-22H,3-8H2,1-2H3,(H,16,20)/t13-/m0/s1. The summed E-state index contributed by atoms with van der Waals surface area (Å²) < 4.78 is 1.76. The summed E-state index contributed by atoms with van der Waals surface area (Å²) in [5, 5.41) is 29.3. The van der Waals surface area contributed by atoms with Crippen molar-refractivity contribution < 1.29 is 14.8 Å². The average molecular weight is 308 g/mol. The van der Waals surface area contributed by atoms with E-state index in [1.807, 2.05) is 13.8 Å². The Morgan fingerprint density at radius 2 is 2.09 bits per heavy atom. The van der Waals surface area contributed by atoms with Crippen LogP contribution in [-0.2, 0) is 0 Å². The number of hydrogen-bond donors (Lipinski definition) is 3. The molecule has 3 N–H and O–H groups in total. The molecule has 0 aliphatic heterocycles. The average Bonchev–Trinajstić information content (AvgIpc) is 2.96. The lowest BCUT2D eigenvalue weighted by molar-refractivity contribution is 0.0933. The van der Waals surface area contributed by atoms with Gasteiger partial charge in [0.15, 0.2) is 5.69 Å². The minimum atomic E-state index is -1.58. The summed E-state index contributed by atoms with van der Waals surface area (Å²) in [6.45, 7) is 3.92. The molecule has 7 nitrogen and oxygen atoms in total. The topological polar surface area (TPSA) is 100 Å². The molecule has 1 heterocycles. The normalized spacial score (nSPS) is 17.5. The summed E-state index contributed by atoms with van der Waals surface area (Å²) in [6, 6.07) is 0.317. The molecule has 2 rings (SSSR count). The fraction of sp³-hybridized carbons (Fsp3) is 0.786. The Morgan fingerprint density at radius 1 is 1.41 bits per heavy atom. The molecule has 1 aliphatic rings. The second kappa shape index (κ2) is 7.74. The fourth-order valence-electron chi connectivity index (χ4n) is 2.91. The number of nitrogens with one attached hydrogen (secondary N) is 1. The Morgan fingerprint density at radius 3 is 2.68 bits per heavy atom. The molecule has 1 atom stereocenters. The molecule has 0 spiro atoms. The molecule has 0 saturated heterocycles. The first-order chi connectivity index (χ1) is 10.5. The molecule has 1 aromatic rings. The van der Waals surface area contributed by atoms with Gasteiger partial charge in [-0.3, -0.25) is 4.79 Å². The number of aromatic nitrogens is 3. The van der Waals surface area contributed by atoms with Gasteiger partial charge in [-0.05, 0) is 25.2 Å². The van der Waals surface area contributed by atoms with Crippen LogP contribution in [0.2, 0.25) is 0 Å². The molecular formula is C14H25BN4O3. The van der Waals surface area contributed by atoms with Crippen molar-refractivity contribution in [2.45, 2.75) is 64.4 Å². The van der Waals surface area contributed by atoms with Gasteiger partial charge in [0.25, 0.3) is 5.91 Å². The molecule has 1 aliphatic carbocycles. The Hall–Kier alpha value is -1.41. The maximum atomic E-state index is 12.2. The van der Waals surface area contributed by atoms with Crippen molar-refractivity contribution in [3.05, 3.63) is 11.9 Å². The Kier molecular flexibility index (Phi) is 5.96. The number of carbonyl (C=O) groups excluding carboxylic acids is 1. The van der Waals surface area contributed by atoms with Gasteiger partial charge in [-0.25, -0.2) is 4.68 Å². The first-order valence-electron chi connectivity index (χ1n) is 8.06. The number of rotatable bonds is 6. The third kappa shape index (κ3) is 4.54. The van der Waals surface area contributed by atoms with E-state index < -0.39 is 19.0 Å². The van der Waals surface area contributed by atoms with Gasteiger partial charge in [-0.2, -0.15) is 0 Å². The minimum Gasteiger partial charge on any atom is -0.426 e. The Labute approximate surface area is 131 Å². The lowest BCUT2D eigenvalue weighted by Gasteiger charge is -2.21. The summed E-state index contributed by atoms with van der Waals surface area (Å²) in [7, 11) is -1.58. The summed E-state index contributed by atoms with van der Waals surface area (Å²) in [5.74, 6) is -0.877. The number of amides is 1. The van der Waals surface area contributed by atoms with Crippen molar-refractivity contribution in [3.63, 3.8) is 0 Å². The molecule has 0 unspecified atom stereocenters. The van der Waals surface area contributed by atoms with Crippen LogP contribution < -0.4 is 5.32 Å². The lowest BCUT2D eigenvalue weighted by Crippen LogP contribution is -2.47. The maximum Gasteiger partial charge on any atom is 0.475 e. The summed E-state index contributed by atoms with van der Waals surface area (Å²) in [5.41, 5.74) is 0.222. The van der Waals surface area contributed by atoms with E-state index >= 15 is 0 Å². The van der Waals surface area contributed by atoms with E-state index in [0.29, 0.717) is 12.5 Å². The molecule has 122 valence electrons. The van der Waals surface area contributed by atoms with Crippen LogP contribution in [0.25, 0.3) is 0 Å². The van der Waals surface area contributed by atoms with Gasteiger partial charge >= 0.3 is 7.12 Å². The van der Waals surface area contributed by atoms with Crippen LogP contribution >= 0.6 is 0 Å². The monoisotopic (exact) mass is 308 g/mol. The zero-order chi connectivity index (χ0) is 16.1. The molecular weight excluding hydrogens is 283 g/mol. The third-order valence-corrected chi connectivity index (χ3v) is 4.09. The van der Waals surface area contributed by atoms with E-state index in [9.17, 15) is 14.8 Å². The smallest absolute Gasteiger partial charge is 0.426 e. The van der Waals surface area contributed by atoms with Crippen LogP contribution in [0, 0.1) is 5.92 Å². The highest BCUT2D eigenvalue weighted by Crippen LogP contribution is 2.27. The molecule has 1 aromatic heterocycles. The first kappa shape index (κ1) is 17.0. The number of nitrogens with zero attached hydrogens (tertiary/aromatic N) is 3. The van der Waals surface area contributed by atoms with Crippen molar-refractivity contribution in [1.29, 1.82) is 0 Å². The van der Waals surface area contributed by atoms with Crippen LogP contribution in [0.15, 0.2) is 6.20 Å². The predicted octanol–water partition coefficient (Wildman–Crippen LogP) is 0.940. The highest BCUT2D eigenvalue weighted by atomic mass is 16.4. The van der Waals surface area contributed by atoms with E-state index in [2.05, 4.69) is 15.6 Å². The van der Waals surface area contributed by atoms with E-state index in [1.165, 1.54) is 19.3 Å². The van der Waals surface area contributed by atoms with Crippen molar-refractivity contribution in [1.82, 2.24) is 20.3 Å². The van der Waals surface area contributed by atoms with Crippen LogP contribution in [-0.4, -0.2) is 44.0 Å². The third-order valence-electron chi connectivity index (χ3n) is 4.09. The van der Waals surface area contributed by atoms with Gasteiger partial charge in [0.2, 0.25) is 0 Å². The SMILES string of the molecule is CC(C)C[C@H](NC(=O)c1cn(C2CCCCC2)nn1)B(O)O. The van der Waals surface area contributed by atoms with Crippen LogP contribution in [0.4, 0.5) is 0 Å². The molecule has 22 heavy (non-hydrogen) atoms. The zero-order valence-corrected chi connectivity index (χ0v) is 13.3. The van der Waals surface area contributed by atoms with Gasteiger partial charge in [0.05, 0.1) is 18.2 Å². The van der Waals surface area contributed by atoms with Crippen LogP contribution in [0.3, 0.4) is 0 Å². The minimum absolute atomic E-state index is 0.222. The highest BCUT2D eigenvalue weighted by molar-refractivity contribution is 6.43. The molecule has 1 amide bonds. The molecule has 0 bridgehead atoms. The number of hydrogen-bond acceptors (Lipinski definition) is 5. The maximum absolute atomic E-state index is 12.2. The summed E-state index contributed by atoms with van der Waals surface area (Å²) >= 11 is 0. The zero-order valence-electron chi connectivity index (χ0n) is 13.3. The van der Waals surface area contributed by atoms with Gasteiger partial charge in [-0.15, -0.1) is 5.10 Å². The largest absolute Gasteiger partial charge is 0.475 e. The van der Waals surface area contributed by atoms with E-state index in [0.717, 1.165) is 12.8 Å². The van der Waals surface area contributed by atoms with Crippen molar-refractivity contribution >= 4 is 13.0 Å². The molecule has 0 radical (unpaired) electrons. The predicted molar refractivity (Wildman–Crippen MR) is 83.0 cm³/mol. The van der Waals surface area contributed by atoms with Gasteiger partial charge in [-0.1, -0.05) is 38.3 Å². The first-order valence-corrected chi connectivity index (χ1v) is 8.06. The number of carbonyl (C=O) groups is 1. The van der Waals surface area contributed by atoms with Crippen LogP contribution in [0.1, 0.15) is 68.9 Å². The van der Waals surface area contributed by atoms with Crippen molar-refractivity contribution in [2.75, 3.05) is 0 Å². The van der Waals surface area contributed by atoms with E-state index in [4.69, 9.17) is 0 Å². The summed E-state index contributed by atoms with van der Waals surface area (Å²) in [6.07, 6.45) is 7.88. The Bertz CT molecular complexity index is 486. The lowest BCUT2D eigenvalue weighted by atomic mass is 9.75.